The minimum absolute atomic E-state index is 0.0708. The van der Waals surface area contributed by atoms with Crippen LogP contribution in [0.15, 0.2) is 48.5 Å². The summed E-state index contributed by atoms with van der Waals surface area (Å²) in [6, 6.07) is 12.5. The fourth-order valence-corrected chi connectivity index (χ4v) is 5.28. The van der Waals surface area contributed by atoms with Gasteiger partial charge in [0.15, 0.2) is 11.6 Å². The molecule has 1 spiro atoms. The topological polar surface area (TPSA) is 110 Å². The van der Waals surface area contributed by atoms with Gasteiger partial charge in [0.1, 0.15) is 11.9 Å². The van der Waals surface area contributed by atoms with E-state index in [-0.39, 0.29) is 18.6 Å². The normalized spacial score (nSPS) is 21.6. The van der Waals surface area contributed by atoms with E-state index in [1.54, 1.807) is 23.7 Å². The first kappa shape index (κ1) is 28.5. The highest BCUT2D eigenvalue weighted by Gasteiger charge is 2.65. The van der Waals surface area contributed by atoms with E-state index in [1.807, 2.05) is 37.3 Å². The first-order valence-corrected chi connectivity index (χ1v) is 13.7. The summed E-state index contributed by atoms with van der Waals surface area (Å²) in [6.45, 7) is 5.20. The van der Waals surface area contributed by atoms with Crippen molar-refractivity contribution in [1.29, 1.82) is 0 Å². The van der Waals surface area contributed by atoms with Crippen LogP contribution in [0.3, 0.4) is 0 Å². The van der Waals surface area contributed by atoms with E-state index < -0.39 is 29.2 Å². The van der Waals surface area contributed by atoms with Gasteiger partial charge in [0.25, 0.3) is 0 Å². The molecule has 2 aliphatic rings. The van der Waals surface area contributed by atoms with Crippen LogP contribution in [0, 0.1) is 24.0 Å². The third kappa shape index (κ3) is 5.89. The summed E-state index contributed by atoms with van der Waals surface area (Å²) >= 11 is 0. The number of carbonyl (C=O) groups excluding carboxylic acids is 2. The Morgan fingerprint density at radius 3 is 2.66 bits per heavy atom. The number of carbonyl (C=O) groups is 2. The molecule has 1 saturated carbocycles. The van der Waals surface area contributed by atoms with Crippen molar-refractivity contribution in [1.82, 2.24) is 25.5 Å². The molecule has 2 fully saturated rings. The average Bonchev–Trinajstić information content (AvgIpc) is 3.36. The number of urea groups is 1. The monoisotopic (exact) mass is 568 g/mol. The highest BCUT2D eigenvalue weighted by molar-refractivity contribution is 5.90. The number of nitrogens with zero attached hydrogens (tertiary/aromatic N) is 3. The van der Waals surface area contributed by atoms with E-state index in [0.29, 0.717) is 55.2 Å². The number of hydrogen-bond acceptors (Lipinski definition) is 6. The van der Waals surface area contributed by atoms with Gasteiger partial charge in [-0.25, -0.2) is 18.3 Å². The third-order valence-electron chi connectivity index (χ3n) is 7.65. The highest BCUT2D eigenvalue weighted by Crippen LogP contribution is 2.60. The molecule has 1 aliphatic heterocycles. The number of nitrogens with one attached hydrogen (secondary N) is 3. The Hall–Kier alpha value is -4.03. The summed E-state index contributed by atoms with van der Waals surface area (Å²) in [7, 11) is 1.59. The summed E-state index contributed by atoms with van der Waals surface area (Å²) < 4.78 is 35.1. The van der Waals surface area contributed by atoms with E-state index in [2.05, 4.69) is 21.0 Å². The van der Waals surface area contributed by atoms with Crippen molar-refractivity contribution in [3.05, 3.63) is 71.3 Å². The maximum atomic E-state index is 14.0. The lowest BCUT2D eigenvalue weighted by atomic mass is 9.92. The predicted molar refractivity (Wildman–Crippen MR) is 148 cm³/mol. The number of amides is 3. The van der Waals surface area contributed by atoms with Gasteiger partial charge in [-0.05, 0) is 49.6 Å². The lowest BCUT2D eigenvalue weighted by Gasteiger charge is -2.19. The maximum absolute atomic E-state index is 14.0. The number of halogens is 2. The van der Waals surface area contributed by atoms with Gasteiger partial charge in [-0.1, -0.05) is 31.2 Å². The van der Waals surface area contributed by atoms with Crippen molar-refractivity contribution in [3.63, 3.8) is 0 Å². The van der Waals surface area contributed by atoms with Gasteiger partial charge < -0.3 is 15.4 Å². The van der Waals surface area contributed by atoms with Crippen LogP contribution in [-0.4, -0.2) is 59.6 Å². The second-order valence-electron chi connectivity index (χ2n) is 10.4. The Bertz CT molecular complexity index is 1420. The number of hydrogen-bond donors (Lipinski definition) is 3. The van der Waals surface area contributed by atoms with Crippen molar-refractivity contribution in [2.75, 3.05) is 32.1 Å². The minimum Gasteiger partial charge on any atom is -0.476 e. The van der Waals surface area contributed by atoms with Crippen LogP contribution < -0.4 is 20.7 Å². The summed E-state index contributed by atoms with van der Waals surface area (Å²) in [4.78, 5) is 30.9. The first-order valence-electron chi connectivity index (χ1n) is 13.7. The van der Waals surface area contributed by atoms with Gasteiger partial charge in [-0.3, -0.25) is 14.9 Å². The number of para-hydroxylation sites is 1. The molecule has 41 heavy (non-hydrogen) atoms. The van der Waals surface area contributed by atoms with Crippen LogP contribution in [0.25, 0.3) is 5.69 Å². The Balaban J connectivity index is 1.31. The molecule has 5 rings (SSSR count). The van der Waals surface area contributed by atoms with Gasteiger partial charge in [-0.15, -0.1) is 5.10 Å². The van der Waals surface area contributed by atoms with Crippen LogP contribution >= 0.6 is 0 Å². The molecule has 0 radical (unpaired) electrons. The van der Waals surface area contributed by atoms with Crippen molar-refractivity contribution in [2.24, 2.45) is 5.41 Å². The zero-order chi connectivity index (χ0) is 29.1. The van der Waals surface area contributed by atoms with Crippen molar-refractivity contribution in [2.45, 2.75) is 45.3 Å². The number of anilines is 1. The standard InChI is InChI=1S/C29H34F2N6O4/c1-4-36-17-29(25(41-36)19-12-13-21(30)22(31)15-19)16-23(29)33-28(39)34-26-18(2)27(40-14-8-11-24(38)32-3)35-37(26)20-9-6-5-7-10-20/h5-7,9-10,12-13,15,23,25H,4,8,11,14,16-17H2,1-3H3,(H,32,38)(H2,33,34,39)/t23-,25?,29+/m0/s1. The van der Waals surface area contributed by atoms with E-state index in [0.717, 1.165) is 17.8 Å². The average molecular weight is 569 g/mol. The second-order valence-corrected chi connectivity index (χ2v) is 10.4. The molecule has 0 bridgehead atoms. The van der Waals surface area contributed by atoms with E-state index in [4.69, 9.17) is 9.57 Å². The molecule has 3 aromatic rings. The molecule has 3 atom stereocenters. The Kier molecular flexibility index (Phi) is 8.22. The van der Waals surface area contributed by atoms with Crippen LogP contribution in [0.4, 0.5) is 19.4 Å². The van der Waals surface area contributed by atoms with E-state index >= 15 is 0 Å². The Labute approximate surface area is 236 Å². The lowest BCUT2D eigenvalue weighted by Crippen LogP contribution is -2.36. The van der Waals surface area contributed by atoms with Crippen molar-refractivity contribution in [3.8, 4) is 11.6 Å². The smallest absolute Gasteiger partial charge is 0.320 e. The molecule has 10 nitrogen and oxygen atoms in total. The van der Waals surface area contributed by atoms with Gasteiger partial charge in [0, 0.05) is 38.0 Å². The van der Waals surface area contributed by atoms with Crippen molar-refractivity contribution < 1.29 is 27.9 Å². The molecule has 1 unspecified atom stereocenters. The molecular formula is C29H34F2N6O4. The quantitative estimate of drug-likeness (QED) is 0.316. The van der Waals surface area contributed by atoms with Gasteiger partial charge >= 0.3 is 6.03 Å². The van der Waals surface area contributed by atoms with Gasteiger partial charge in [-0.2, -0.15) is 5.06 Å². The molecule has 2 aromatic carbocycles. The minimum atomic E-state index is -0.935. The number of ether oxygens (including phenoxy) is 1. The van der Waals surface area contributed by atoms with E-state index in [9.17, 15) is 18.4 Å². The first-order chi connectivity index (χ1) is 19.8. The zero-order valence-corrected chi connectivity index (χ0v) is 23.2. The fraction of sp³-hybridized carbons (Fsp3) is 0.414. The number of aromatic nitrogens is 2. The SMILES string of the molecule is CCN1C[C@@]2(C[C@@H]2NC(=O)Nc2c(C)c(OCCCC(=O)NC)nn2-c2ccccc2)C(c2ccc(F)c(F)c2)O1. The summed E-state index contributed by atoms with van der Waals surface area (Å²) in [5, 5.41) is 14.9. The van der Waals surface area contributed by atoms with Gasteiger partial charge in [0.2, 0.25) is 11.8 Å². The largest absolute Gasteiger partial charge is 0.476 e. The molecule has 12 heteroatoms. The highest BCUT2D eigenvalue weighted by atomic mass is 19.2. The molecule has 2 heterocycles. The molecular weight excluding hydrogens is 534 g/mol. The summed E-state index contributed by atoms with van der Waals surface area (Å²) in [6.07, 6.45) is 0.947. The molecule has 218 valence electrons. The molecule has 1 saturated heterocycles. The number of benzene rings is 2. The van der Waals surface area contributed by atoms with Gasteiger partial charge in [0.05, 0.1) is 17.9 Å². The zero-order valence-electron chi connectivity index (χ0n) is 23.2. The van der Waals surface area contributed by atoms with Crippen LogP contribution in [0.2, 0.25) is 0 Å². The number of rotatable bonds is 10. The summed E-state index contributed by atoms with van der Waals surface area (Å²) in [5.41, 5.74) is 1.43. The fourth-order valence-electron chi connectivity index (χ4n) is 5.28. The van der Waals surface area contributed by atoms with Crippen LogP contribution in [0.5, 0.6) is 5.88 Å². The number of hydroxylamine groups is 2. The predicted octanol–water partition coefficient (Wildman–Crippen LogP) is 4.25. The molecule has 1 aliphatic carbocycles. The Morgan fingerprint density at radius 1 is 1.17 bits per heavy atom. The Morgan fingerprint density at radius 2 is 1.95 bits per heavy atom. The summed E-state index contributed by atoms with van der Waals surface area (Å²) in [5.74, 6) is -1.13. The lowest BCUT2D eigenvalue weighted by molar-refractivity contribution is -0.146. The van der Waals surface area contributed by atoms with Crippen LogP contribution in [0.1, 0.15) is 43.4 Å². The van der Waals surface area contributed by atoms with E-state index in [1.165, 1.54) is 6.07 Å². The van der Waals surface area contributed by atoms with Crippen LogP contribution in [-0.2, 0) is 9.63 Å². The van der Waals surface area contributed by atoms with Crippen molar-refractivity contribution >= 4 is 17.8 Å². The molecule has 3 amide bonds. The molecule has 3 N–H and O–H groups in total. The second kappa shape index (κ2) is 11.8. The molecule has 1 aromatic heterocycles. The maximum Gasteiger partial charge on any atom is 0.320 e. The third-order valence-corrected chi connectivity index (χ3v) is 7.65.